The zero-order valence-electron chi connectivity index (χ0n) is 8.71. The molecule has 0 aromatic rings. The molecule has 0 atom stereocenters. The second-order valence-corrected chi connectivity index (χ2v) is 3.53. The molecular formula is C11H16N2O2. The molecule has 4 heteroatoms. The third-order valence-electron chi connectivity index (χ3n) is 2.45. The van der Waals surface area contributed by atoms with E-state index in [1.54, 1.807) is 6.08 Å². The van der Waals surface area contributed by atoms with Gasteiger partial charge in [-0.2, -0.15) is 0 Å². The van der Waals surface area contributed by atoms with E-state index in [0.717, 1.165) is 12.8 Å². The lowest BCUT2D eigenvalue weighted by atomic mass is 9.91. The lowest BCUT2D eigenvalue weighted by Crippen LogP contribution is -2.29. The highest BCUT2D eigenvalue weighted by Gasteiger charge is 2.21. The number of amides is 2. The largest absolute Gasteiger partial charge is 0.366 e. The van der Waals surface area contributed by atoms with Gasteiger partial charge in [0.15, 0.2) is 0 Å². The van der Waals surface area contributed by atoms with E-state index in [1.807, 2.05) is 0 Å². The Morgan fingerprint density at radius 2 is 1.93 bits per heavy atom. The number of primary amides is 1. The summed E-state index contributed by atoms with van der Waals surface area (Å²) in [6.07, 6.45) is 4.72. The molecule has 3 N–H and O–H groups in total. The second kappa shape index (κ2) is 5.34. The summed E-state index contributed by atoms with van der Waals surface area (Å²) >= 11 is 0. The summed E-state index contributed by atoms with van der Waals surface area (Å²) in [4.78, 5) is 22.8. The van der Waals surface area contributed by atoms with E-state index < -0.39 is 5.91 Å². The topological polar surface area (TPSA) is 72.2 Å². The summed E-state index contributed by atoms with van der Waals surface area (Å²) in [7, 11) is 0. The zero-order chi connectivity index (χ0) is 11.3. The Bertz CT molecular complexity index is 319. The van der Waals surface area contributed by atoms with Gasteiger partial charge in [0.1, 0.15) is 0 Å². The summed E-state index contributed by atoms with van der Waals surface area (Å²) in [6, 6.07) is 0. The van der Waals surface area contributed by atoms with Crippen LogP contribution in [0.3, 0.4) is 0 Å². The molecule has 1 aliphatic rings. The van der Waals surface area contributed by atoms with Crippen LogP contribution in [-0.4, -0.2) is 18.4 Å². The molecule has 2 amide bonds. The number of hydrogen-bond acceptors (Lipinski definition) is 2. The number of nitrogens with one attached hydrogen (secondary N) is 1. The summed E-state index contributed by atoms with van der Waals surface area (Å²) in [5.41, 5.74) is 6.27. The van der Waals surface area contributed by atoms with Crippen LogP contribution in [-0.2, 0) is 9.59 Å². The van der Waals surface area contributed by atoms with Gasteiger partial charge in [-0.1, -0.05) is 6.08 Å². The smallest absolute Gasteiger partial charge is 0.247 e. The van der Waals surface area contributed by atoms with Gasteiger partial charge in [0.2, 0.25) is 11.8 Å². The van der Waals surface area contributed by atoms with Crippen molar-refractivity contribution in [2.45, 2.75) is 25.7 Å². The fourth-order valence-electron chi connectivity index (χ4n) is 1.70. The molecule has 0 aromatic carbocycles. The first-order chi connectivity index (χ1) is 7.16. The average Bonchev–Trinajstić information content (AvgIpc) is 2.25. The molecule has 0 saturated heterocycles. The summed E-state index contributed by atoms with van der Waals surface area (Å²) < 4.78 is 0. The van der Waals surface area contributed by atoms with Crippen molar-refractivity contribution in [3.8, 4) is 0 Å². The van der Waals surface area contributed by atoms with Crippen LogP contribution < -0.4 is 11.1 Å². The van der Waals surface area contributed by atoms with Crippen molar-refractivity contribution in [3.05, 3.63) is 23.8 Å². The lowest BCUT2D eigenvalue weighted by Gasteiger charge is -2.17. The molecule has 82 valence electrons. The Morgan fingerprint density at radius 1 is 1.33 bits per heavy atom. The maximum Gasteiger partial charge on any atom is 0.247 e. The third kappa shape index (κ3) is 2.94. The summed E-state index contributed by atoms with van der Waals surface area (Å²) in [5, 5.41) is 2.66. The zero-order valence-corrected chi connectivity index (χ0v) is 8.71. The first-order valence-electron chi connectivity index (χ1n) is 5.07. The molecule has 1 aliphatic carbocycles. The van der Waals surface area contributed by atoms with E-state index in [1.165, 1.54) is 0 Å². The van der Waals surface area contributed by atoms with Gasteiger partial charge in [-0.05, 0) is 25.7 Å². The van der Waals surface area contributed by atoms with E-state index in [4.69, 9.17) is 5.73 Å². The number of carbonyl (C=O) groups excluding carboxylic acids is 2. The third-order valence-corrected chi connectivity index (χ3v) is 2.45. The van der Waals surface area contributed by atoms with E-state index in [2.05, 4.69) is 11.9 Å². The summed E-state index contributed by atoms with van der Waals surface area (Å²) in [6.45, 7) is 3.92. The minimum Gasteiger partial charge on any atom is -0.366 e. The molecule has 15 heavy (non-hydrogen) atoms. The van der Waals surface area contributed by atoms with Crippen LogP contribution in [0, 0.1) is 0 Å². The molecule has 0 fully saturated rings. The fraction of sp³-hybridized carbons (Fsp3) is 0.455. The molecule has 0 spiro atoms. The Balaban J connectivity index is 2.81. The highest BCUT2D eigenvalue weighted by Crippen LogP contribution is 2.24. The Kier molecular flexibility index (Phi) is 4.09. The molecule has 0 bridgehead atoms. The van der Waals surface area contributed by atoms with Crippen molar-refractivity contribution in [2.24, 2.45) is 5.73 Å². The highest BCUT2D eigenvalue weighted by atomic mass is 16.2. The molecular weight excluding hydrogens is 192 g/mol. The quantitative estimate of drug-likeness (QED) is 0.666. The van der Waals surface area contributed by atoms with Crippen LogP contribution in [0.2, 0.25) is 0 Å². The van der Waals surface area contributed by atoms with Gasteiger partial charge in [-0.25, -0.2) is 0 Å². The van der Waals surface area contributed by atoms with Crippen LogP contribution in [0.25, 0.3) is 0 Å². The second-order valence-electron chi connectivity index (χ2n) is 3.53. The Hall–Kier alpha value is -1.58. The normalized spacial score (nSPS) is 16.0. The van der Waals surface area contributed by atoms with Gasteiger partial charge in [0.25, 0.3) is 0 Å². The monoisotopic (exact) mass is 208 g/mol. The molecule has 0 heterocycles. The van der Waals surface area contributed by atoms with Gasteiger partial charge in [-0.15, -0.1) is 6.58 Å². The standard InChI is InChI=1S/C11H16N2O2/c1-2-7-13-11(15)9-6-4-3-5-8(9)10(12)14/h2H,1,3-7H2,(H2,12,14)(H,13,15). The maximum absolute atomic E-state index is 11.6. The minimum absolute atomic E-state index is 0.191. The van der Waals surface area contributed by atoms with E-state index in [9.17, 15) is 9.59 Å². The van der Waals surface area contributed by atoms with Gasteiger partial charge in [0, 0.05) is 17.7 Å². The van der Waals surface area contributed by atoms with Crippen molar-refractivity contribution in [3.63, 3.8) is 0 Å². The number of carbonyl (C=O) groups is 2. The number of rotatable bonds is 4. The van der Waals surface area contributed by atoms with Crippen LogP contribution in [0.5, 0.6) is 0 Å². The SMILES string of the molecule is C=CCNC(=O)C1=C(C(N)=O)CCCC1. The predicted octanol–water partition coefficient (Wildman–Crippen LogP) is 0.644. The van der Waals surface area contributed by atoms with Crippen molar-refractivity contribution in [2.75, 3.05) is 6.54 Å². The van der Waals surface area contributed by atoms with E-state index >= 15 is 0 Å². The maximum atomic E-state index is 11.6. The van der Waals surface area contributed by atoms with Gasteiger partial charge in [-0.3, -0.25) is 9.59 Å². The Morgan fingerprint density at radius 3 is 2.47 bits per heavy atom. The molecule has 0 aromatic heterocycles. The van der Waals surface area contributed by atoms with Crippen LogP contribution in [0.4, 0.5) is 0 Å². The van der Waals surface area contributed by atoms with Crippen LogP contribution >= 0.6 is 0 Å². The highest BCUT2D eigenvalue weighted by molar-refractivity contribution is 6.04. The molecule has 0 radical (unpaired) electrons. The Labute approximate surface area is 89.2 Å². The minimum atomic E-state index is -0.474. The molecule has 1 rings (SSSR count). The van der Waals surface area contributed by atoms with Crippen LogP contribution in [0.15, 0.2) is 23.8 Å². The summed E-state index contributed by atoms with van der Waals surface area (Å²) in [5.74, 6) is -0.665. The molecule has 0 unspecified atom stereocenters. The molecule has 4 nitrogen and oxygen atoms in total. The van der Waals surface area contributed by atoms with Crippen molar-refractivity contribution < 1.29 is 9.59 Å². The predicted molar refractivity (Wildman–Crippen MR) is 57.9 cm³/mol. The lowest BCUT2D eigenvalue weighted by molar-refractivity contribution is -0.119. The first kappa shape index (κ1) is 11.5. The van der Waals surface area contributed by atoms with Crippen LogP contribution in [0.1, 0.15) is 25.7 Å². The van der Waals surface area contributed by atoms with Crippen molar-refractivity contribution >= 4 is 11.8 Å². The van der Waals surface area contributed by atoms with E-state index in [-0.39, 0.29) is 5.91 Å². The van der Waals surface area contributed by atoms with E-state index in [0.29, 0.717) is 30.5 Å². The fourth-order valence-corrected chi connectivity index (χ4v) is 1.70. The van der Waals surface area contributed by atoms with Gasteiger partial charge in [0.05, 0.1) is 0 Å². The number of nitrogens with two attached hydrogens (primary N) is 1. The molecule has 0 aliphatic heterocycles. The van der Waals surface area contributed by atoms with Gasteiger partial charge < -0.3 is 11.1 Å². The van der Waals surface area contributed by atoms with Crippen molar-refractivity contribution in [1.82, 2.24) is 5.32 Å². The van der Waals surface area contributed by atoms with Crippen molar-refractivity contribution in [1.29, 1.82) is 0 Å². The molecule has 0 saturated carbocycles. The first-order valence-corrected chi connectivity index (χ1v) is 5.07. The van der Waals surface area contributed by atoms with Gasteiger partial charge >= 0.3 is 0 Å². The average molecular weight is 208 g/mol. The number of hydrogen-bond donors (Lipinski definition) is 2.